The van der Waals surface area contributed by atoms with Gasteiger partial charge in [0.1, 0.15) is 0 Å². The summed E-state index contributed by atoms with van der Waals surface area (Å²) in [6.45, 7) is 0.977. The number of ether oxygens (including phenoxy) is 1. The SMILES string of the molecule is CNCC(=O)NC1COCC1O. The second-order valence-corrected chi connectivity index (χ2v) is 2.81. The van der Waals surface area contributed by atoms with Crippen LogP contribution >= 0.6 is 0 Å². The van der Waals surface area contributed by atoms with Gasteiger partial charge < -0.3 is 20.5 Å². The summed E-state index contributed by atoms with van der Waals surface area (Å²) in [6.07, 6.45) is -0.564. The van der Waals surface area contributed by atoms with Crippen LogP contribution in [-0.4, -0.2) is 50.0 Å². The molecular formula is C7H14N2O3. The Morgan fingerprint density at radius 1 is 1.67 bits per heavy atom. The van der Waals surface area contributed by atoms with E-state index in [1.54, 1.807) is 7.05 Å². The first kappa shape index (κ1) is 9.44. The summed E-state index contributed by atoms with van der Waals surface area (Å²) in [4.78, 5) is 11.0. The fourth-order valence-corrected chi connectivity index (χ4v) is 1.10. The number of likely N-dealkylation sites (N-methyl/N-ethyl adjacent to an activating group) is 1. The average Bonchev–Trinajstić information content (AvgIpc) is 2.37. The van der Waals surface area contributed by atoms with Gasteiger partial charge in [-0.15, -0.1) is 0 Å². The summed E-state index contributed by atoms with van der Waals surface area (Å²) >= 11 is 0. The van der Waals surface area contributed by atoms with Gasteiger partial charge in [-0.05, 0) is 7.05 Å². The van der Waals surface area contributed by atoms with Crippen molar-refractivity contribution in [2.45, 2.75) is 12.1 Å². The van der Waals surface area contributed by atoms with Crippen LogP contribution in [0.2, 0.25) is 0 Å². The van der Waals surface area contributed by atoms with E-state index in [-0.39, 0.29) is 18.5 Å². The molecule has 1 saturated heterocycles. The molecule has 1 aliphatic rings. The van der Waals surface area contributed by atoms with Crippen LogP contribution in [0.15, 0.2) is 0 Å². The van der Waals surface area contributed by atoms with Gasteiger partial charge in [0.25, 0.3) is 0 Å². The van der Waals surface area contributed by atoms with Crippen molar-refractivity contribution in [3.05, 3.63) is 0 Å². The zero-order valence-corrected chi connectivity index (χ0v) is 7.04. The van der Waals surface area contributed by atoms with Gasteiger partial charge in [0.2, 0.25) is 5.91 Å². The van der Waals surface area contributed by atoms with Crippen LogP contribution in [0.5, 0.6) is 0 Å². The lowest BCUT2D eigenvalue weighted by atomic mass is 10.2. The first-order valence-corrected chi connectivity index (χ1v) is 3.94. The van der Waals surface area contributed by atoms with Crippen molar-refractivity contribution in [3.63, 3.8) is 0 Å². The molecule has 0 saturated carbocycles. The van der Waals surface area contributed by atoms with E-state index >= 15 is 0 Å². The Labute approximate surface area is 71.1 Å². The summed E-state index contributed by atoms with van der Waals surface area (Å²) in [6, 6.07) is -0.245. The van der Waals surface area contributed by atoms with Gasteiger partial charge in [-0.3, -0.25) is 4.79 Å². The van der Waals surface area contributed by atoms with Gasteiger partial charge in [-0.1, -0.05) is 0 Å². The predicted molar refractivity (Wildman–Crippen MR) is 42.7 cm³/mol. The number of carbonyl (C=O) groups excluding carboxylic acids is 1. The number of aliphatic hydroxyl groups excluding tert-OH is 1. The molecule has 2 atom stereocenters. The average molecular weight is 174 g/mol. The molecule has 1 fully saturated rings. The lowest BCUT2D eigenvalue weighted by Gasteiger charge is -2.13. The van der Waals surface area contributed by atoms with Gasteiger partial charge in [0, 0.05) is 0 Å². The highest BCUT2D eigenvalue weighted by Gasteiger charge is 2.26. The molecule has 1 rings (SSSR count). The maximum absolute atomic E-state index is 11.0. The summed E-state index contributed by atoms with van der Waals surface area (Å²) in [7, 11) is 1.70. The monoisotopic (exact) mass is 174 g/mol. The zero-order valence-electron chi connectivity index (χ0n) is 7.04. The Bertz CT molecular complexity index is 163. The number of rotatable bonds is 3. The van der Waals surface area contributed by atoms with E-state index in [1.807, 2.05) is 0 Å². The minimum Gasteiger partial charge on any atom is -0.388 e. The number of hydrogen-bond donors (Lipinski definition) is 3. The van der Waals surface area contributed by atoms with Gasteiger partial charge in [0.05, 0.1) is 31.9 Å². The standard InChI is InChI=1S/C7H14N2O3/c1-8-2-7(11)9-5-3-12-4-6(5)10/h5-6,8,10H,2-4H2,1H3,(H,9,11). The Morgan fingerprint density at radius 2 is 2.42 bits per heavy atom. The maximum Gasteiger partial charge on any atom is 0.234 e. The van der Waals surface area contributed by atoms with E-state index in [0.29, 0.717) is 13.2 Å². The predicted octanol–water partition coefficient (Wildman–Crippen LogP) is -1.92. The zero-order chi connectivity index (χ0) is 8.97. The minimum atomic E-state index is -0.564. The van der Waals surface area contributed by atoms with E-state index in [2.05, 4.69) is 10.6 Å². The van der Waals surface area contributed by atoms with Crippen LogP contribution in [0.25, 0.3) is 0 Å². The Hall–Kier alpha value is -0.650. The lowest BCUT2D eigenvalue weighted by molar-refractivity contribution is -0.121. The first-order chi connectivity index (χ1) is 5.74. The number of hydrogen-bond acceptors (Lipinski definition) is 4. The fourth-order valence-electron chi connectivity index (χ4n) is 1.10. The van der Waals surface area contributed by atoms with Crippen molar-refractivity contribution in [1.29, 1.82) is 0 Å². The van der Waals surface area contributed by atoms with Gasteiger partial charge in [0.15, 0.2) is 0 Å². The second-order valence-electron chi connectivity index (χ2n) is 2.81. The van der Waals surface area contributed by atoms with Crippen LogP contribution in [0.1, 0.15) is 0 Å². The van der Waals surface area contributed by atoms with Crippen molar-refractivity contribution in [2.24, 2.45) is 0 Å². The van der Waals surface area contributed by atoms with Crippen molar-refractivity contribution in [1.82, 2.24) is 10.6 Å². The third-order valence-electron chi connectivity index (χ3n) is 1.73. The molecule has 0 radical (unpaired) electrons. The summed E-state index contributed by atoms with van der Waals surface area (Å²) in [5.74, 6) is -0.118. The van der Waals surface area contributed by atoms with E-state index in [1.165, 1.54) is 0 Å². The molecule has 1 amide bonds. The van der Waals surface area contributed by atoms with Crippen LogP contribution in [0.3, 0.4) is 0 Å². The highest BCUT2D eigenvalue weighted by atomic mass is 16.5. The van der Waals surface area contributed by atoms with Gasteiger partial charge in [-0.2, -0.15) is 0 Å². The van der Waals surface area contributed by atoms with Crippen molar-refractivity contribution < 1.29 is 14.6 Å². The quantitative estimate of drug-likeness (QED) is 0.466. The van der Waals surface area contributed by atoms with Crippen LogP contribution in [0, 0.1) is 0 Å². The summed E-state index contributed by atoms with van der Waals surface area (Å²) in [5, 5.41) is 14.6. The van der Waals surface area contributed by atoms with E-state index in [0.717, 1.165) is 0 Å². The smallest absolute Gasteiger partial charge is 0.234 e. The molecule has 70 valence electrons. The van der Waals surface area contributed by atoms with Crippen LogP contribution in [0.4, 0.5) is 0 Å². The minimum absolute atomic E-state index is 0.118. The molecule has 0 aromatic rings. The third-order valence-corrected chi connectivity index (χ3v) is 1.73. The molecular weight excluding hydrogens is 160 g/mol. The van der Waals surface area contributed by atoms with E-state index in [9.17, 15) is 9.90 Å². The number of nitrogens with one attached hydrogen (secondary N) is 2. The molecule has 0 aromatic carbocycles. The molecule has 0 spiro atoms. The van der Waals surface area contributed by atoms with E-state index in [4.69, 9.17) is 4.74 Å². The third kappa shape index (κ3) is 2.44. The highest BCUT2D eigenvalue weighted by molar-refractivity contribution is 5.78. The normalized spacial score (nSPS) is 28.8. The molecule has 5 heteroatoms. The molecule has 3 N–H and O–H groups in total. The molecule has 0 aromatic heterocycles. The largest absolute Gasteiger partial charge is 0.388 e. The second kappa shape index (κ2) is 4.39. The molecule has 1 aliphatic heterocycles. The van der Waals surface area contributed by atoms with Gasteiger partial charge in [-0.25, -0.2) is 0 Å². The Morgan fingerprint density at radius 3 is 2.92 bits per heavy atom. The lowest BCUT2D eigenvalue weighted by Crippen LogP contribution is -2.45. The Balaban J connectivity index is 2.25. The molecule has 12 heavy (non-hydrogen) atoms. The number of amides is 1. The van der Waals surface area contributed by atoms with Crippen molar-refractivity contribution in [3.8, 4) is 0 Å². The molecule has 5 nitrogen and oxygen atoms in total. The van der Waals surface area contributed by atoms with Crippen LogP contribution in [-0.2, 0) is 9.53 Å². The summed E-state index contributed by atoms with van der Waals surface area (Å²) < 4.78 is 4.96. The number of aliphatic hydroxyl groups is 1. The first-order valence-electron chi connectivity index (χ1n) is 3.94. The van der Waals surface area contributed by atoms with Gasteiger partial charge >= 0.3 is 0 Å². The highest BCUT2D eigenvalue weighted by Crippen LogP contribution is 2.04. The molecule has 0 aliphatic carbocycles. The topological polar surface area (TPSA) is 70.6 Å². The van der Waals surface area contributed by atoms with Crippen molar-refractivity contribution in [2.75, 3.05) is 26.8 Å². The maximum atomic E-state index is 11.0. The summed E-state index contributed by atoms with van der Waals surface area (Å²) in [5.41, 5.74) is 0. The van der Waals surface area contributed by atoms with E-state index < -0.39 is 6.10 Å². The Kier molecular flexibility index (Phi) is 3.46. The van der Waals surface area contributed by atoms with Crippen molar-refractivity contribution >= 4 is 5.91 Å². The molecule has 1 heterocycles. The number of carbonyl (C=O) groups is 1. The molecule has 0 bridgehead atoms. The molecule has 2 unspecified atom stereocenters. The fraction of sp³-hybridized carbons (Fsp3) is 0.857. The van der Waals surface area contributed by atoms with Crippen LogP contribution < -0.4 is 10.6 Å².